The molecule has 5 nitrogen and oxygen atoms in total. The van der Waals surface area contributed by atoms with Gasteiger partial charge in [-0.3, -0.25) is 4.79 Å². The highest BCUT2D eigenvalue weighted by atomic mass is 127. The largest absolute Gasteiger partial charge is 0.409 e. The Morgan fingerprint density at radius 2 is 2.06 bits per heavy atom. The Bertz CT molecular complexity index is 390. The number of oxime groups is 1. The molecule has 0 bridgehead atoms. The third-order valence-electron chi connectivity index (χ3n) is 1.90. The fourth-order valence-electron chi connectivity index (χ4n) is 1.06. The molecule has 0 saturated carbocycles. The van der Waals surface area contributed by atoms with Crippen LogP contribution in [-0.2, 0) is 0 Å². The van der Waals surface area contributed by atoms with E-state index in [1.54, 1.807) is 12.1 Å². The Balaban J connectivity index is 2.44. The Labute approximate surface area is 107 Å². The molecule has 1 aromatic rings. The summed E-state index contributed by atoms with van der Waals surface area (Å²) in [4.78, 5) is 11.6. The highest BCUT2D eigenvalue weighted by molar-refractivity contribution is 14.1. The molecule has 16 heavy (non-hydrogen) atoms. The predicted molar refractivity (Wildman–Crippen MR) is 69.5 cm³/mol. The minimum Gasteiger partial charge on any atom is -0.409 e. The van der Waals surface area contributed by atoms with Crippen LogP contribution in [0.3, 0.4) is 0 Å². The first-order valence-electron chi connectivity index (χ1n) is 4.63. The molecular weight excluding hydrogens is 321 g/mol. The number of carbonyl (C=O) groups is 1. The lowest BCUT2D eigenvalue weighted by atomic mass is 10.2. The van der Waals surface area contributed by atoms with Crippen LogP contribution in [0.15, 0.2) is 29.4 Å². The lowest BCUT2D eigenvalue weighted by molar-refractivity contribution is 0.0954. The molecule has 1 aromatic carbocycles. The summed E-state index contributed by atoms with van der Waals surface area (Å²) >= 11 is 2.17. The van der Waals surface area contributed by atoms with Crippen molar-refractivity contribution >= 4 is 34.3 Å². The summed E-state index contributed by atoms with van der Waals surface area (Å²) in [5, 5.41) is 13.8. The van der Waals surface area contributed by atoms with Gasteiger partial charge in [0.25, 0.3) is 5.91 Å². The number of amidine groups is 1. The van der Waals surface area contributed by atoms with E-state index in [4.69, 9.17) is 10.9 Å². The lowest BCUT2D eigenvalue weighted by Gasteiger charge is -2.04. The van der Waals surface area contributed by atoms with E-state index in [-0.39, 0.29) is 11.7 Å². The van der Waals surface area contributed by atoms with Crippen LogP contribution in [0.4, 0.5) is 0 Å². The highest BCUT2D eigenvalue weighted by Gasteiger charge is 2.04. The number of carbonyl (C=O) groups excluding carboxylic acids is 1. The molecular formula is C10H12IN3O2. The van der Waals surface area contributed by atoms with E-state index >= 15 is 0 Å². The maximum atomic E-state index is 11.6. The van der Waals surface area contributed by atoms with Crippen molar-refractivity contribution in [1.82, 2.24) is 5.32 Å². The van der Waals surface area contributed by atoms with E-state index in [0.717, 1.165) is 3.57 Å². The number of nitrogens with two attached hydrogens (primary N) is 1. The molecule has 0 aliphatic carbocycles. The van der Waals surface area contributed by atoms with E-state index < -0.39 is 0 Å². The van der Waals surface area contributed by atoms with E-state index in [0.29, 0.717) is 18.5 Å². The molecule has 1 rings (SSSR count). The van der Waals surface area contributed by atoms with Gasteiger partial charge in [-0.05, 0) is 46.9 Å². The van der Waals surface area contributed by atoms with Crippen LogP contribution in [0.25, 0.3) is 0 Å². The minimum atomic E-state index is -0.165. The highest BCUT2D eigenvalue weighted by Crippen LogP contribution is 2.06. The van der Waals surface area contributed by atoms with Gasteiger partial charge in [-0.1, -0.05) is 5.16 Å². The predicted octanol–water partition coefficient (Wildman–Crippen LogP) is 1.16. The van der Waals surface area contributed by atoms with Gasteiger partial charge in [0.05, 0.1) is 0 Å². The molecule has 0 spiro atoms. The van der Waals surface area contributed by atoms with E-state index in [1.165, 1.54) is 0 Å². The van der Waals surface area contributed by atoms with Gasteiger partial charge in [0.1, 0.15) is 5.84 Å². The van der Waals surface area contributed by atoms with Gasteiger partial charge in [-0.25, -0.2) is 0 Å². The monoisotopic (exact) mass is 333 g/mol. The third-order valence-corrected chi connectivity index (χ3v) is 2.62. The van der Waals surface area contributed by atoms with Crippen molar-refractivity contribution < 1.29 is 10.0 Å². The maximum Gasteiger partial charge on any atom is 0.251 e. The minimum absolute atomic E-state index is 0.0999. The van der Waals surface area contributed by atoms with Gasteiger partial charge in [-0.15, -0.1) is 0 Å². The molecule has 0 aromatic heterocycles. The molecule has 0 aliphatic rings. The Morgan fingerprint density at radius 3 is 2.62 bits per heavy atom. The second kappa shape index (κ2) is 6.31. The number of amides is 1. The summed E-state index contributed by atoms with van der Waals surface area (Å²) in [7, 11) is 0. The first kappa shape index (κ1) is 12.8. The van der Waals surface area contributed by atoms with Gasteiger partial charge < -0.3 is 16.3 Å². The summed E-state index contributed by atoms with van der Waals surface area (Å²) < 4.78 is 1.07. The van der Waals surface area contributed by atoms with E-state index in [1.807, 2.05) is 12.1 Å². The number of halogens is 1. The Hall–Kier alpha value is -1.31. The van der Waals surface area contributed by atoms with Gasteiger partial charge in [0, 0.05) is 22.1 Å². The van der Waals surface area contributed by atoms with Crippen molar-refractivity contribution in [3.05, 3.63) is 33.4 Å². The molecule has 0 atom stereocenters. The number of hydrogen-bond acceptors (Lipinski definition) is 3. The quantitative estimate of drug-likeness (QED) is 0.254. The first-order valence-corrected chi connectivity index (χ1v) is 5.71. The molecule has 4 N–H and O–H groups in total. The molecule has 0 aliphatic heterocycles. The molecule has 0 heterocycles. The first-order chi connectivity index (χ1) is 7.63. The van der Waals surface area contributed by atoms with Crippen molar-refractivity contribution in [3.8, 4) is 0 Å². The van der Waals surface area contributed by atoms with E-state index in [9.17, 15) is 4.79 Å². The molecule has 6 heteroatoms. The Morgan fingerprint density at radius 1 is 1.44 bits per heavy atom. The van der Waals surface area contributed by atoms with Gasteiger partial charge in [-0.2, -0.15) is 0 Å². The van der Waals surface area contributed by atoms with Crippen molar-refractivity contribution in [1.29, 1.82) is 0 Å². The second-order valence-corrected chi connectivity index (χ2v) is 4.35. The summed E-state index contributed by atoms with van der Waals surface area (Å²) in [6, 6.07) is 7.22. The average molecular weight is 333 g/mol. The number of rotatable bonds is 4. The van der Waals surface area contributed by atoms with E-state index in [2.05, 4.69) is 33.1 Å². The molecule has 1 amide bonds. The van der Waals surface area contributed by atoms with Crippen molar-refractivity contribution in [2.45, 2.75) is 6.42 Å². The topological polar surface area (TPSA) is 87.7 Å². The molecule has 0 saturated heterocycles. The SMILES string of the molecule is NC(CCNC(=O)c1ccc(I)cc1)=NO. The number of nitrogens with zero attached hydrogens (tertiary/aromatic N) is 1. The lowest BCUT2D eigenvalue weighted by Crippen LogP contribution is -2.27. The zero-order valence-corrected chi connectivity index (χ0v) is 10.6. The van der Waals surface area contributed by atoms with Crippen LogP contribution in [0.5, 0.6) is 0 Å². The maximum absolute atomic E-state index is 11.6. The summed E-state index contributed by atoms with van der Waals surface area (Å²) in [5.41, 5.74) is 5.86. The smallest absolute Gasteiger partial charge is 0.251 e. The van der Waals surface area contributed by atoms with Crippen LogP contribution in [0.2, 0.25) is 0 Å². The number of nitrogens with one attached hydrogen (secondary N) is 1. The van der Waals surface area contributed by atoms with Crippen LogP contribution in [-0.4, -0.2) is 23.5 Å². The second-order valence-electron chi connectivity index (χ2n) is 3.10. The summed E-state index contributed by atoms with van der Waals surface area (Å²) in [6.07, 6.45) is 0.326. The fraction of sp³-hybridized carbons (Fsp3) is 0.200. The van der Waals surface area contributed by atoms with Crippen LogP contribution >= 0.6 is 22.6 Å². The zero-order valence-electron chi connectivity index (χ0n) is 8.48. The van der Waals surface area contributed by atoms with Crippen LogP contribution in [0.1, 0.15) is 16.8 Å². The zero-order chi connectivity index (χ0) is 12.0. The average Bonchev–Trinajstić information content (AvgIpc) is 2.29. The Kier molecular flexibility index (Phi) is 5.03. The van der Waals surface area contributed by atoms with Gasteiger partial charge >= 0.3 is 0 Å². The molecule has 0 radical (unpaired) electrons. The standard InChI is InChI=1S/C10H12IN3O2/c11-8-3-1-7(2-4-8)10(15)13-6-5-9(12)14-16/h1-4,16H,5-6H2,(H2,12,14)(H,13,15). The van der Waals surface area contributed by atoms with Crippen LogP contribution in [0, 0.1) is 3.57 Å². The summed E-state index contributed by atoms with van der Waals surface area (Å²) in [5.74, 6) is -0.0648. The molecule has 0 unspecified atom stereocenters. The number of benzene rings is 1. The van der Waals surface area contributed by atoms with Crippen LogP contribution < -0.4 is 11.1 Å². The van der Waals surface area contributed by atoms with Gasteiger partial charge in [0.15, 0.2) is 0 Å². The summed E-state index contributed by atoms with van der Waals surface area (Å²) in [6.45, 7) is 0.348. The fourth-order valence-corrected chi connectivity index (χ4v) is 1.42. The molecule has 86 valence electrons. The van der Waals surface area contributed by atoms with Crippen molar-refractivity contribution in [3.63, 3.8) is 0 Å². The normalized spacial score (nSPS) is 11.2. The van der Waals surface area contributed by atoms with Gasteiger partial charge in [0.2, 0.25) is 0 Å². The van der Waals surface area contributed by atoms with Crippen molar-refractivity contribution in [2.75, 3.05) is 6.54 Å². The number of hydrogen-bond donors (Lipinski definition) is 3. The molecule has 0 fully saturated rings. The van der Waals surface area contributed by atoms with Crippen molar-refractivity contribution in [2.24, 2.45) is 10.9 Å². The third kappa shape index (κ3) is 4.05.